The second kappa shape index (κ2) is 13.0. The van der Waals surface area contributed by atoms with Gasteiger partial charge < -0.3 is 4.90 Å². The highest BCUT2D eigenvalue weighted by atomic mass is 15.1. The first-order valence-electron chi connectivity index (χ1n) is 19.3. The summed E-state index contributed by atoms with van der Waals surface area (Å²) in [5, 5.41) is 4.98. The predicted octanol–water partition coefficient (Wildman–Crippen LogP) is 14.4. The van der Waals surface area contributed by atoms with Crippen molar-refractivity contribution in [3.63, 3.8) is 0 Å². The summed E-state index contributed by atoms with van der Waals surface area (Å²) >= 11 is 0. The molecule has 0 aromatic heterocycles. The van der Waals surface area contributed by atoms with Gasteiger partial charge in [-0.1, -0.05) is 174 Å². The minimum absolute atomic E-state index is 0.499. The molecule has 1 aliphatic carbocycles. The lowest BCUT2D eigenvalue weighted by Gasteiger charge is -2.34. The van der Waals surface area contributed by atoms with Crippen LogP contribution in [-0.2, 0) is 5.41 Å². The van der Waals surface area contributed by atoms with Crippen molar-refractivity contribution in [2.45, 2.75) is 26.2 Å². The lowest BCUT2D eigenvalue weighted by molar-refractivity contribution is 0.768. The zero-order chi connectivity index (χ0) is 37.1. The molecule has 1 aliphatic rings. The first kappa shape index (κ1) is 32.9. The first-order valence-corrected chi connectivity index (χ1v) is 19.3. The number of aryl methyl sites for hydroxylation is 3. The molecule has 0 saturated heterocycles. The molecule has 1 heteroatoms. The lowest BCUT2D eigenvalue weighted by atomic mass is 9.67. The van der Waals surface area contributed by atoms with Crippen molar-refractivity contribution in [3.05, 3.63) is 233 Å². The van der Waals surface area contributed by atoms with E-state index in [0.717, 1.165) is 17.1 Å². The summed E-state index contributed by atoms with van der Waals surface area (Å²) in [6.45, 7) is 6.52. The monoisotopic (exact) mass is 703 g/mol. The van der Waals surface area contributed by atoms with Crippen LogP contribution in [-0.4, -0.2) is 0 Å². The van der Waals surface area contributed by atoms with E-state index in [4.69, 9.17) is 0 Å². The van der Waals surface area contributed by atoms with Crippen LogP contribution in [0, 0.1) is 20.8 Å². The molecular weight excluding hydrogens is 663 g/mol. The number of rotatable bonds is 6. The minimum Gasteiger partial charge on any atom is -0.310 e. The van der Waals surface area contributed by atoms with Crippen molar-refractivity contribution in [1.82, 2.24) is 0 Å². The normalized spacial score (nSPS) is 12.8. The molecular formula is C54H41N. The van der Waals surface area contributed by atoms with Gasteiger partial charge in [-0.15, -0.1) is 0 Å². The third kappa shape index (κ3) is 5.15. The molecule has 9 aromatic carbocycles. The fraction of sp³-hybridized carbons (Fsp3) is 0.0741. The van der Waals surface area contributed by atoms with E-state index in [9.17, 15) is 0 Å². The Morgan fingerprint density at radius 1 is 0.345 bits per heavy atom. The van der Waals surface area contributed by atoms with Crippen molar-refractivity contribution < 1.29 is 0 Å². The standard InChI is InChI=1S/C54H41N/c1-36-22-27-41(28-23-36)55(42-29-24-37(2)25-30-42)52-33-32-45(43-18-10-12-20-46(43)52)49-35-51-53(47-21-13-11-19-44(47)49)48-31-26-38(3)34-50(48)54(51,39-14-6-4-7-15-39)40-16-8-5-9-17-40/h4-35H,1-3H3. The van der Waals surface area contributed by atoms with Gasteiger partial charge in [0.2, 0.25) is 0 Å². The molecule has 0 bridgehead atoms. The van der Waals surface area contributed by atoms with Gasteiger partial charge in [0.25, 0.3) is 0 Å². The molecule has 0 aliphatic heterocycles. The number of fused-ring (bicyclic) bond motifs is 6. The number of hydrogen-bond donors (Lipinski definition) is 0. The van der Waals surface area contributed by atoms with E-state index in [1.54, 1.807) is 0 Å². The zero-order valence-electron chi connectivity index (χ0n) is 31.4. The van der Waals surface area contributed by atoms with Gasteiger partial charge in [0.05, 0.1) is 11.1 Å². The van der Waals surface area contributed by atoms with Gasteiger partial charge in [-0.25, -0.2) is 0 Å². The Morgan fingerprint density at radius 3 is 1.40 bits per heavy atom. The molecule has 262 valence electrons. The fourth-order valence-corrected chi connectivity index (χ4v) is 9.21. The lowest BCUT2D eigenvalue weighted by Crippen LogP contribution is -2.28. The Hall–Kier alpha value is -6.70. The van der Waals surface area contributed by atoms with Crippen LogP contribution in [0.2, 0.25) is 0 Å². The number of nitrogens with zero attached hydrogens (tertiary/aromatic N) is 1. The average Bonchev–Trinajstić information content (AvgIpc) is 3.53. The summed E-state index contributed by atoms with van der Waals surface area (Å²) in [4.78, 5) is 2.40. The molecule has 0 N–H and O–H groups in total. The zero-order valence-corrected chi connectivity index (χ0v) is 31.4. The first-order chi connectivity index (χ1) is 27.0. The van der Waals surface area contributed by atoms with Crippen LogP contribution in [0.3, 0.4) is 0 Å². The van der Waals surface area contributed by atoms with Gasteiger partial charge in [-0.3, -0.25) is 0 Å². The second-order valence-electron chi connectivity index (χ2n) is 15.1. The van der Waals surface area contributed by atoms with E-state index in [2.05, 4.69) is 220 Å². The third-order valence-corrected chi connectivity index (χ3v) is 11.7. The molecule has 0 atom stereocenters. The summed E-state index contributed by atoms with van der Waals surface area (Å²) in [6, 6.07) is 72.3. The van der Waals surface area contributed by atoms with Gasteiger partial charge in [-0.05, 0) is 118 Å². The molecule has 1 nitrogen and oxygen atoms in total. The van der Waals surface area contributed by atoms with Crippen LogP contribution in [0.15, 0.2) is 194 Å². The fourth-order valence-electron chi connectivity index (χ4n) is 9.21. The van der Waals surface area contributed by atoms with Crippen LogP contribution >= 0.6 is 0 Å². The van der Waals surface area contributed by atoms with Crippen LogP contribution in [0.25, 0.3) is 43.8 Å². The summed E-state index contributed by atoms with van der Waals surface area (Å²) in [5.41, 5.74) is 17.0. The van der Waals surface area contributed by atoms with E-state index >= 15 is 0 Å². The van der Waals surface area contributed by atoms with Crippen molar-refractivity contribution >= 4 is 38.6 Å². The summed E-state index contributed by atoms with van der Waals surface area (Å²) in [5.74, 6) is 0. The van der Waals surface area contributed by atoms with E-state index in [-0.39, 0.29) is 0 Å². The van der Waals surface area contributed by atoms with E-state index in [0.29, 0.717) is 0 Å². The van der Waals surface area contributed by atoms with Gasteiger partial charge in [-0.2, -0.15) is 0 Å². The number of benzene rings is 9. The molecule has 0 heterocycles. The molecule has 55 heavy (non-hydrogen) atoms. The highest BCUT2D eigenvalue weighted by molar-refractivity contribution is 6.15. The molecule has 0 fully saturated rings. The molecule has 0 amide bonds. The Balaban J connectivity index is 1.29. The quantitative estimate of drug-likeness (QED) is 0.167. The molecule has 0 saturated carbocycles. The van der Waals surface area contributed by atoms with E-state index in [1.807, 2.05) is 0 Å². The summed E-state index contributed by atoms with van der Waals surface area (Å²) < 4.78 is 0. The Bertz CT molecular complexity index is 2780. The van der Waals surface area contributed by atoms with E-state index in [1.165, 1.54) is 82.7 Å². The highest BCUT2D eigenvalue weighted by Gasteiger charge is 2.47. The topological polar surface area (TPSA) is 3.24 Å². The maximum absolute atomic E-state index is 2.53. The van der Waals surface area contributed by atoms with Crippen molar-refractivity contribution in [2.24, 2.45) is 0 Å². The SMILES string of the molecule is Cc1ccc(N(c2ccc(C)cc2)c2ccc(-c3cc4c(c5ccccc35)-c3ccc(C)cc3C4(c3ccccc3)c3ccccc3)c3ccccc23)cc1. The maximum atomic E-state index is 2.53. The van der Waals surface area contributed by atoms with Gasteiger partial charge in [0, 0.05) is 16.8 Å². The van der Waals surface area contributed by atoms with Crippen LogP contribution in [0.5, 0.6) is 0 Å². The molecule has 0 spiro atoms. The third-order valence-electron chi connectivity index (χ3n) is 11.7. The van der Waals surface area contributed by atoms with Crippen molar-refractivity contribution in [2.75, 3.05) is 4.90 Å². The number of anilines is 3. The number of hydrogen-bond acceptors (Lipinski definition) is 1. The Kier molecular flexibility index (Phi) is 7.78. The van der Waals surface area contributed by atoms with Gasteiger partial charge in [0.1, 0.15) is 0 Å². The molecule has 9 aromatic rings. The summed E-state index contributed by atoms with van der Waals surface area (Å²) in [6.07, 6.45) is 0. The van der Waals surface area contributed by atoms with Crippen LogP contribution in [0.4, 0.5) is 17.1 Å². The van der Waals surface area contributed by atoms with Gasteiger partial charge >= 0.3 is 0 Å². The molecule has 0 unspecified atom stereocenters. The van der Waals surface area contributed by atoms with Crippen LogP contribution in [0.1, 0.15) is 38.9 Å². The van der Waals surface area contributed by atoms with Gasteiger partial charge in [0.15, 0.2) is 0 Å². The second-order valence-corrected chi connectivity index (χ2v) is 15.1. The predicted molar refractivity (Wildman–Crippen MR) is 233 cm³/mol. The van der Waals surface area contributed by atoms with Crippen LogP contribution < -0.4 is 4.90 Å². The smallest absolute Gasteiger partial charge is 0.0714 e. The molecule has 0 radical (unpaired) electrons. The largest absolute Gasteiger partial charge is 0.310 e. The highest BCUT2D eigenvalue weighted by Crippen LogP contribution is 2.59. The Labute approximate surface area is 323 Å². The minimum atomic E-state index is -0.499. The Morgan fingerprint density at radius 2 is 0.818 bits per heavy atom. The maximum Gasteiger partial charge on any atom is 0.0714 e. The molecule has 10 rings (SSSR count). The van der Waals surface area contributed by atoms with E-state index < -0.39 is 5.41 Å². The summed E-state index contributed by atoms with van der Waals surface area (Å²) in [7, 11) is 0. The van der Waals surface area contributed by atoms with Crippen molar-refractivity contribution in [1.29, 1.82) is 0 Å². The average molecular weight is 704 g/mol. The van der Waals surface area contributed by atoms with Crippen molar-refractivity contribution in [3.8, 4) is 22.3 Å².